The first-order valence-corrected chi connectivity index (χ1v) is 6.00. The van der Waals surface area contributed by atoms with Crippen LogP contribution in [0.25, 0.3) is 0 Å². The van der Waals surface area contributed by atoms with E-state index >= 15 is 0 Å². The van der Waals surface area contributed by atoms with E-state index in [1.165, 1.54) is 14.0 Å². The molecule has 0 aliphatic carbocycles. The van der Waals surface area contributed by atoms with Crippen molar-refractivity contribution in [2.75, 3.05) is 7.11 Å². The van der Waals surface area contributed by atoms with Crippen molar-refractivity contribution in [1.82, 2.24) is 5.32 Å². The zero-order valence-electron chi connectivity index (χ0n) is 10.1. The Morgan fingerprint density at radius 1 is 1.50 bits per heavy atom. The van der Waals surface area contributed by atoms with Crippen LogP contribution in [-0.4, -0.2) is 29.8 Å². The lowest BCUT2D eigenvalue weighted by atomic mass is 9.93. The number of halogens is 1. The van der Waals surface area contributed by atoms with Crippen LogP contribution < -0.4 is 5.32 Å². The minimum atomic E-state index is -1.41. The van der Waals surface area contributed by atoms with Gasteiger partial charge in [0, 0.05) is 10.9 Å². The minimum absolute atomic E-state index is 0.164. The molecular formula is C12H14BrNO4. The van der Waals surface area contributed by atoms with Crippen molar-refractivity contribution in [3.05, 3.63) is 34.3 Å². The third kappa shape index (κ3) is 3.73. The summed E-state index contributed by atoms with van der Waals surface area (Å²) < 4.78 is 5.29. The van der Waals surface area contributed by atoms with Gasteiger partial charge in [0.15, 0.2) is 0 Å². The molecule has 18 heavy (non-hydrogen) atoms. The second kappa shape index (κ2) is 5.86. The van der Waals surface area contributed by atoms with E-state index in [0.717, 1.165) is 10.0 Å². The molecule has 0 bridgehead atoms. The summed E-state index contributed by atoms with van der Waals surface area (Å²) in [6.07, 6.45) is -0.605. The monoisotopic (exact) mass is 315 g/mol. The number of methoxy groups -OCH3 is 1. The Morgan fingerprint density at radius 2 is 2.17 bits per heavy atom. The van der Waals surface area contributed by atoms with Gasteiger partial charge in [-0.1, -0.05) is 28.1 Å². The second-order valence-corrected chi connectivity index (χ2v) is 4.98. The highest BCUT2D eigenvalue weighted by Gasteiger charge is 2.35. The Kier molecular flexibility index (Phi) is 4.72. The highest BCUT2D eigenvalue weighted by Crippen LogP contribution is 2.18. The van der Waals surface area contributed by atoms with Gasteiger partial charge in [-0.15, -0.1) is 0 Å². The van der Waals surface area contributed by atoms with Crippen molar-refractivity contribution in [1.29, 1.82) is 0 Å². The van der Waals surface area contributed by atoms with Gasteiger partial charge in [-0.05, 0) is 24.6 Å². The minimum Gasteiger partial charge on any atom is -0.480 e. The van der Waals surface area contributed by atoms with E-state index in [-0.39, 0.29) is 6.42 Å². The van der Waals surface area contributed by atoms with Gasteiger partial charge in [0.2, 0.25) is 0 Å². The predicted molar refractivity (Wildman–Crippen MR) is 69.4 cm³/mol. The van der Waals surface area contributed by atoms with Crippen molar-refractivity contribution in [2.45, 2.75) is 18.9 Å². The van der Waals surface area contributed by atoms with E-state index in [4.69, 9.17) is 0 Å². The van der Waals surface area contributed by atoms with Crippen LogP contribution in [0, 0.1) is 0 Å². The summed E-state index contributed by atoms with van der Waals surface area (Å²) >= 11 is 3.31. The van der Waals surface area contributed by atoms with Crippen LogP contribution in [0.2, 0.25) is 0 Å². The Hall–Kier alpha value is -1.56. The zero-order chi connectivity index (χ0) is 13.8. The van der Waals surface area contributed by atoms with Gasteiger partial charge < -0.3 is 15.2 Å². The van der Waals surface area contributed by atoms with Crippen molar-refractivity contribution in [3.8, 4) is 0 Å². The number of rotatable bonds is 4. The molecule has 1 aromatic rings. The lowest BCUT2D eigenvalue weighted by Crippen LogP contribution is -2.53. The average molecular weight is 316 g/mol. The number of ether oxygens (including phenoxy) is 1. The van der Waals surface area contributed by atoms with Gasteiger partial charge in [0.05, 0.1) is 7.11 Å². The van der Waals surface area contributed by atoms with E-state index in [1.54, 1.807) is 18.2 Å². The lowest BCUT2D eigenvalue weighted by Gasteiger charge is -2.25. The van der Waals surface area contributed by atoms with E-state index < -0.39 is 17.6 Å². The van der Waals surface area contributed by atoms with Crippen molar-refractivity contribution in [2.24, 2.45) is 0 Å². The highest BCUT2D eigenvalue weighted by molar-refractivity contribution is 9.10. The number of hydrogen-bond acceptors (Lipinski definition) is 3. The molecule has 1 atom stereocenters. The summed E-state index contributed by atoms with van der Waals surface area (Å²) in [5, 5.41) is 11.6. The molecule has 5 nitrogen and oxygen atoms in total. The number of carbonyl (C=O) groups is 2. The van der Waals surface area contributed by atoms with Gasteiger partial charge >= 0.3 is 12.1 Å². The fraction of sp³-hybridized carbons (Fsp3) is 0.333. The summed E-state index contributed by atoms with van der Waals surface area (Å²) in [7, 11) is 1.19. The number of nitrogens with one attached hydrogen (secondary N) is 1. The molecule has 1 unspecified atom stereocenters. The number of carboxylic acid groups (broad SMARTS) is 1. The van der Waals surface area contributed by atoms with E-state index in [2.05, 4.69) is 26.0 Å². The van der Waals surface area contributed by atoms with Crippen LogP contribution >= 0.6 is 15.9 Å². The number of alkyl carbamates (subject to hydrolysis) is 1. The number of carboxylic acids is 1. The molecular weight excluding hydrogens is 302 g/mol. The average Bonchev–Trinajstić information content (AvgIpc) is 2.28. The predicted octanol–water partition coefficient (Wildman–Crippen LogP) is 2.19. The molecule has 2 N–H and O–H groups in total. The third-order valence-corrected chi connectivity index (χ3v) is 2.98. The molecule has 1 amide bonds. The molecule has 1 aromatic carbocycles. The topological polar surface area (TPSA) is 75.6 Å². The van der Waals surface area contributed by atoms with Crippen LogP contribution in [0.3, 0.4) is 0 Å². The number of benzene rings is 1. The molecule has 6 heteroatoms. The van der Waals surface area contributed by atoms with E-state index in [0.29, 0.717) is 0 Å². The van der Waals surface area contributed by atoms with Crippen molar-refractivity contribution < 1.29 is 19.4 Å². The SMILES string of the molecule is COC(=O)NC(C)(Cc1cccc(Br)c1)C(=O)O. The number of amides is 1. The Bertz CT molecular complexity index is 463. The molecule has 1 rings (SSSR count). The third-order valence-electron chi connectivity index (χ3n) is 2.48. The normalized spacial score (nSPS) is 13.5. The quantitative estimate of drug-likeness (QED) is 0.893. The van der Waals surface area contributed by atoms with Crippen LogP contribution in [0.1, 0.15) is 12.5 Å². The first-order valence-electron chi connectivity index (χ1n) is 5.21. The van der Waals surface area contributed by atoms with E-state index in [1.807, 2.05) is 6.07 Å². The fourth-order valence-corrected chi connectivity index (χ4v) is 1.95. The summed E-state index contributed by atoms with van der Waals surface area (Å²) in [5.74, 6) is -1.12. The molecule has 98 valence electrons. The van der Waals surface area contributed by atoms with Crippen molar-refractivity contribution >= 4 is 28.0 Å². The van der Waals surface area contributed by atoms with E-state index in [9.17, 15) is 14.7 Å². The molecule has 0 saturated heterocycles. The molecule has 0 heterocycles. The number of aliphatic carboxylic acids is 1. The van der Waals surface area contributed by atoms with Crippen LogP contribution in [0.4, 0.5) is 4.79 Å². The van der Waals surface area contributed by atoms with Crippen LogP contribution in [-0.2, 0) is 16.0 Å². The van der Waals surface area contributed by atoms with Gasteiger partial charge in [-0.2, -0.15) is 0 Å². The molecule has 0 aliphatic rings. The molecule has 0 saturated carbocycles. The summed E-state index contributed by atoms with van der Waals surface area (Å²) in [6, 6.07) is 7.25. The molecule has 0 spiro atoms. The highest BCUT2D eigenvalue weighted by atomic mass is 79.9. The smallest absolute Gasteiger partial charge is 0.407 e. The standard InChI is InChI=1S/C12H14BrNO4/c1-12(10(15)16,14-11(17)18-2)7-8-4-3-5-9(13)6-8/h3-6H,7H2,1-2H3,(H,14,17)(H,15,16). The second-order valence-electron chi connectivity index (χ2n) is 4.06. The first-order chi connectivity index (χ1) is 8.37. The van der Waals surface area contributed by atoms with Gasteiger partial charge in [0.1, 0.15) is 5.54 Å². The number of carbonyl (C=O) groups excluding carboxylic acids is 1. The summed E-state index contributed by atoms with van der Waals surface area (Å²) in [4.78, 5) is 22.5. The molecule has 0 fully saturated rings. The van der Waals surface area contributed by atoms with Crippen LogP contribution in [0.15, 0.2) is 28.7 Å². The molecule has 0 radical (unpaired) electrons. The molecule has 0 aromatic heterocycles. The largest absolute Gasteiger partial charge is 0.480 e. The summed E-state index contributed by atoms with van der Waals surface area (Å²) in [5.41, 5.74) is -0.612. The van der Waals surface area contributed by atoms with Gasteiger partial charge in [-0.25, -0.2) is 9.59 Å². The maximum Gasteiger partial charge on any atom is 0.407 e. The zero-order valence-corrected chi connectivity index (χ0v) is 11.7. The Labute approximate surface area is 113 Å². The van der Waals surface area contributed by atoms with Gasteiger partial charge in [-0.3, -0.25) is 0 Å². The fourth-order valence-electron chi connectivity index (χ4n) is 1.50. The maximum absolute atomic E-state index is 11.3. The first kappa shape index (κ1) is 14.5. The Morgan fingerprint density at radius 3 is 2.67 bits per heavy atom. The lowest BCUT2D eigenvalue weighted by molar-refractivity contribution is -0.143. The number of hydrogen-bond donors (Lipinski definition) is 2. The Balaban J connectivity index is 2.92. The van der Waals surface area contributed by atoms with Crippen molar-refractivity contribution in [3.63, 3.8) is 0 Å². The summed E-state index contributed by atoms with van der Waals surface area (Å²) in [6.45, 7) is 1.44. The van der Waals surface area contributed by atoms with Gasteiger partial charge in [0.25, 0.3) is 0 Å². The van der Waals surface area contributed by atoms with Crippen LogP contribution in [0.5, 0.6) is 0 Å². The molecule has 0 aliphatic heterocycles. The maximum atomic E-state index is 11.3.